The summed E-state index contributed by atoms with van der Waals surface area (Å²) in [7, 11) is 1.78. The van der Waals surface area contributed by atoms with Crippen LogP contribution in [-0.2, 0) is 6.54 Å². The van der Waals surface area contributed by atoms with E-state index in [0.29, 0.717) is 35.9 Å². The number of urea groups is 1. The number of carbonyl (C=O) groups is 1. The molecule has 2 fully saturated rings. The van der Waals surface area contributed by atoms with Crippen LogP contribution in [0, 0.1) is 0 Å². The van der Waals surface area contributed by atoms with Crippen LogP contribution < -0.4 is 20.9 Å². The summed E-state index contributed by atoms with van der Waals surface area (Å²) < 4.78 is 0. The molecule has 35 heavy (non-hydrogen) atoms. The van der Waals surface area contributed by atoms with E-state index in [-0.39, 0.29) is 11.8 Å². The maximum Gasteiger partial charge on any atom is 0.324 e. The number of rotatable bonds is 5. The second kappa shape index (κ2) is 9.77. The Kier molecular flexibility index (Phi) is 6.56. The van der Waals surface area contributed by atoms with E-state index in [1.807, 2.05) is 42.5 Å². The van der Waals surface area contributed by atoms with Gasteiger partial charge in [-0.15, -0.1) is 0 Å². The first-order chi connectivity index (χ1) is 17.0. The zero-order valence-corrected chi connectivity index (χ0v) is 20.6. The van der Waals surface area contributed by atoms with Gasteiger partial charge < -0.3 is 26.0 Å². The normalized spacial score (nSPS) is 16.3. The van der Waals surface area contributed by atoms with Crippen LogP contribution in [0.5, 0.6) is 5.75 Å². The minimum atomic E-state index is -0.0652. The molecular formula is C27H30ClN5O2. The van der Waals surface area contributed by atoms with Gasteiger partial charge >= 0.3 is 6.03 Å². The summed E-state index contributed by atoms with van der Waals surface area (Å²) in [4.78, 5) is 18.1. The number of likely N-dealkylation sites (N-methyl/N-ethyl adjacent to an activating group) is 1. The predicted octanol–water partition coefficient (Wildman–Crippen LogP) is 4.12. The maximum atomic E-state index is 12.4. The smallest absolute Gasteiger partial charge is 0.324 e. The standard InChI is InChI=1S/C27H30ClN5O2/c1-31-11-12-33(27(31)35)25-6-5-19(16-24(25)28)22-3-2-4-23(26(22)34)20-13-18(17-29)14-21(15-20)32-9-7-30-8-10-32/h2-6,13-16,30,34H,7-12,17,29H2,1H3. The summed E-state index contributed by atoms with van der Waals surface area (Å²) in [6.45, 7) is 5.44. The van der Waals surface area contributed by atoms with E-state index in [1.165, 1.54) is 0 Å². The molecule has 2 aliphatic rings. The first-order valence-corrected chi connectivity index (χ1v) is 12.3. The van der Waals surface area contributed by atoms with Crippen molar-refractivity contribution in [2.24, 2.45) is 5.73 Å². The van der Waals surface area contributed by atoms with Crippen LogP contribution in [0.1, 0.15) is 5.56 Å². The molecule has 3 aromatic rings. The molecule has 5 rings (SSSR count). The molecule has 0 aromatic heterocycles. The molecule has 2 saturated heterocycles. The van der Waals surface area contributed by atoms with Gasteiger partial charge in [-0.2, -0.15) is 0 Å². The first-order valence-electron chi connectivity index (χ1n) is 11.9. The summed E-state index contributed by atoms with van der Waals surface area (Å²) >= 11 is 6.61. The molecule has 2 amide bonds. The molecule has 4 N–H and O–H groups in total. The molecule has 2 heterocycles. The lowest BCUT2D eigenvalue weighted by Crippen LogP contribution is -2.43. The van der Waals surface area contributed by atoms with Gasteiger partial charge in [0.05, 0.1) is 10.7 Å². The zero-order valence-electron chi connectivity index (χ0n) is 19.8. The lowest BCUT2D eigenvalue weighted by molar-refractivity contribution is 0.229. The molecule has 0 unspecified atom stereocenters. The quantitative estimate of drug-likeness (QED) is 0.500. The van der Waals surface area contributed by atoms with E-state index in [4.69, 9.17) is 17.3 Å². The average Bonchev–Trinajstić information content (AvgIpc) is 3.22. The third-order valence-corrected chi connectivity index (χ3v) is 7.11. The number of halogens is 1. The number of nitrogens with one attached hydrogen (secondary N) is 1. The summed E-state index contributed by atoms with van der Waals surface area (Å²) in [5.74, 6) is 0.189. The van der Waals surface area contributed by atoms with Crippen LogP contribution >= 0.6 is 11.6 Å². The van der Waals surface area contributed by atoms with Gasteiger partial charge in [0.15, 0.2) is 0 Å². The third-order valence-electron chi connectivity index (χ3n) is 6.81. The number of carbonyl (C=O) groups excluding carboxylic acids is 1. The molecule has 0 spiro atoms. The van der Waals surface area contributed by atoms with Crippen molar-refractivity contribution in [3.63, 3.8) is 0 Å². The lowest BCUT2D eigenvalue weighted by Gasteiger charge is -2.30. The molecular weight excluding hydrogens is 462 g/mol. The van der Waals surface area contributed by atoms with E-state index in [9.17, 15) is 9.90 Å². The van der Waals surface area contributed by atoms with Crippen molar-refractivity contribution in [1.82, 2.24) is 10.2 Å². The fraction of sp³-hybridized carbons (Fsp3) is 0.296. The third kappa shape index (κ3) is 4.55. The van der Waals surface area contributed by atoms with E-state index >= 15 is 0 Å². The van der Waals surface area contributed by atoms with Gasteiger partial charge in [0.25, 0.3) is 0 Å². The van der Waals surface area contributed by atoms with Gasteiger partial charge in [-0.05, 0) is 47.0 Å². The highest BCUT2D eigenvalue weighted by Gasteiger charge is 2.28. The highest BCUT2D eigenvalue weighted by Crippen LogP contribution is 2.41. The number of benzene rings is 3. The highest BCUT2D eigenvalue weighted by atomic mass is 35.5. The number of amides is 2. The van der Waals surface area contributed by atoms with Gasteiger partial charge in [-0.25, -0.2) is 4.79 Å². The van der Waals surface area contributed by atoms with Crippen molar-refractivity contribution in [3.05, 3.63) is 65.2 Å². The Labute approximate surface area is 210 Å². The molecule has 0 saturated carbocycles. The molecule has 3 aromatic carbocycles. The highest BCUT2D eigenvalue weighted by molar-refractivity contribution is 6.34. The fourth-order valence-electron chi connectivity index (χ4n) is 4.83. The number of phenolic OH excluding ortho intramolecular Hbond substituents is 1. The van der Waals surface area contributed by atoms with Gasteiger partial charge in [0, 0.05) is 69.7 Å². The van der Waals surface area contributed by atoms with Crippen molar-refractivity contribution < 1.29 is 9.90 Å². The van der Waals surface area contributed by atoms with E-state index in [1.54, 1.807) is 16.8 Å². The topological polar surface area (TPSA) is 85.1 Å². The Bertz CT molecular complexity index is 1260. The second-order valence-electron chi connectivity index (χ2n) is 9.05. The van der Waals surface area contributed by atoms with Gasteiger partial charge in [-0.3, -0.25) is 4.90 Å². The van der Waals surface area contributed by atoms with Crippen molar-refractivity contribution in [1.29, 1.82) is 0 Å². The Hall–Kier alpha value is -3.26. The van der Waals surface area contributed by atoms with Gasteiger partial charge in [-0.1, -0.05) is 35.9 Å². The van der Waals surface area contributed by atoms with E-state index in [2.05, 4.69) is 22.3 Å². The van der Waals surface area contributed by atoms with Crippen LogP contribution in [0.4, 0.5) is 16.2 Å². The van der Waals surface area contributed by atoms with Crippen molar-refractivity contribution in [2.45, 2.75) is 6.54 Å². The monoisotopic (exact) mass is 491 g/mol. The van der Waals surface area contributed by atoms with Gasteiger partial charge in [0.2, 0.25) is 0 Å². The number of nitrogens with zero attached hydrogens (tertiary/aromatic N) is 3. The number of hydrogen-bond acceptors (Lipinski definition) is 5. The van der Waals surface area contributed by atoms with Crippen LogP contribution in [0.2, 0.25) is 5.02 Å². The molecule has 8 heteroatoms. The number of aromatic hydroxyl groups is 1. The van der Waals surface area contributed by atoms with E-state index < -0.39 is 0 Å². The molecule has 182 valence electrons. The molecule has 0 radical (unpaired) electrons. The number of para-hydroxylation sites is 1. The minimum Gasteiger partial charge on any atom is -0.507 e. The Morgan fingerprint density at radius 3 is 2.37 bits per heavy atom. The molecule has 0 atom stereocenters. The predicted molar refractivity (Wildman–Crippen MR) is 142 cm³/mol. The molecule has 7 nitrogen and oxygen atoms in total. The SMILES string of the molecule is CN1CCN(c2ccc(-c3cccc(-c4cc(CN)cc(N5CCNCC5)c4)c3O)cc2Cl)C1=O. The number of hydrogen-bond donors (Lipinski definition) is 3. The number of piperazine rings is 1. The minimum absolute atomic E-state index is 0.0652. The van der Waals surface area contributed by atoms with Crippen LogP contribution in [-0.4, -0.2) is 62.4 Å². The summed E-state index contributed by atoms with van der Waals surface area (Å²) in [5.41, 5.74) is 12.0. The largest absolute Gasteiger partial charge is 0.507 e. The zero-order chi connectivity index (χ0) is 24.5. The molecule has 0 aliphatic carbocycles. The molecule has 0 bridgehead atoms. The number of anilines is 2. The first kappa shape index (κ1) is 23.5. The number of nitrogens with two attached hydrogens (primary N) is 1. The van der Waals surface area contributed by atoms with Crippen LogP contribution in [0.15, 0.2) is 54.6 Å². The van der Waals surface area contributed by atoms with E-state index in [0.717, 1.165) is 54.1 Å². The van der Waals surface area contributed by atoms with Crippen LogP contribution in [0.3, 0.4) is 0 Å². The molecule has 2 aliphatic heterocycles. The van der Waals surface area contributed by atoms with Crippen molar-refractivity contribution >= 4 is 29.0 Å². The van der Waals surface area contributed by atoms with Crippen LogP contribution in [0.25, 0.3) is 22.3 Å². The van der Waals surface area contributed by atoms with Crippen molar-refractivity contribution in [3.8, 4) is 28.0 Å². The number of phenols is 1. The second-order valence-corrected chi connectivity index (χ2v) is 9.46. The summed E-state index contributed by atoms with van der Waals surface area (Å²) in [6, 6.07) is 17.5. The Balaban J connectivity index is 1.51. The van der Waals surface area contributed by atoms with Gasteiger partial charge in [0.1, 0.15) is 5.75 Å². The Morgan fingerprint density at radius 2 is 1.71 bits per heavy atom. The Morgan fingerprint density at radius 1 is 0.971 bits per heavy atom. The summed E-state index contributed by atoms with van der Waals surface area (Å²) in [5, 5.41) is 15.2. The average molecular weight is 492 g/mol. The lowest BCUT2D eigenvalue weighted by atomic mass is 9.95. The summed E-state index contributed by atoms with van der Waals surface area (Å²) in [6.07, 6.45) is 0. The fourth-order valence-corrected chi connectivity index (χ4v) is 5.11. The maximum absolute atomic E-state index is 12.4. The van der Waals surface area contributed by atoms with Crippen molar-refractivity contribution in [2.75, 3.05) is 56.1 Å².